The van der Waals surface area contributed by atoms with Crippen LogP contribution in [0.4, 0.5) is 0 Å². The first-order valence-corrected chi connectivity index (χ1v) is 4.05. The Morgan fingerprint density at radius 2 is 1.39 bits per heavy atom. The monoisotopic (exact) mass is 269 g/mol. The van der Waals surface area contributed by atoms with Crippen molar-refractivity contribution in [2.75, 3.05) is 0 Å². The van der Waals surface area contributed by atoms with Crippen LogP contribution in [-0.2, 0) is 0 Å². The maximum Gasteiger partial charge on any atom is 0.520 e. The first kappa shape index (κ1) is 15.4. The summed E-state index contributed by atoms with van der Waals surface area (Å²) in [4.78, 5) is 36.6. The van der Waals surface area contributed by atoms with E-state index in [2.05, 4.69) is 0 Å². The van der Waals surface area contributed by atoms with E-state index in [1.165, 1.54) is 0 Å². The van der Waals surface area contributed by atoms with Crippen molar-refractivity contribution in [3.05, 3.63) is 40.5 Å². The summed E-state index contributed by atoms with van der Waals surface area (Å²) >= 11 is 0. The Morgan fingerprint density at radius 1 is 1.00 bits per heavy atom. The number of hydrogen-bond donors (Lipinski definition) is 2. The lowest BCUT2D eigenvalue weighted by molar-refractivity contribution is -0.792. The summed E-state index contributed by atoms with van der Waals surface area (Å²) in [6.45, 7) is 0.448. The minimum atomic E-state index is -3.09. The molecule has 0 aliphatic rings. The molecule has 0 aromatic carbocycles. The molecule has 0 amide bonds. The lowest BCUT2D eigenvalue weighted by Crippen LogP contribution is -2.64. The van der Waals surface area contributed by atoms with Crippen molar-refractivity contribution in [1.29, 1.82) is 0 Å². The number of hydrogen-bond acceptors (Lipinski definition) is 9. The van der Waals surface area contributed by atoms with Crippen LogP contribution < -0.4 is 5.43 Å². The highest BCUT2D eigenvalue weighted by atomic mass is 16.7. The Kier molecular flexibility index (Phi) is 4.37. The van der Waals surface area contributed by atoms with Gasteiger partial charge < -0.3 is 5.11 Å². The molecule has 14 nitrogen and oxygen atoms in total. The maximum absolute atomic E-state index is 10.6. The zero-order valence-corrected chi connectivity index (χ0v) is 8.66. The van der Waals surface area contributed by atoms with E-state index in [1.54, 1.807) is 0 Å². The van der Waals surface area contributed by atoms with E-state index in [-0.39, 0.29) is 0 Å². The van der Waals surface area contributed by atoms with Crippen LogP contribution in [-0.4, -0.2) is 42.8 Å². The summed E-state index contributed by atoms with van der Waals surface area (Å²) in [5, 5.41) is 49.3. The molecular formula is C4H7N5O9. The fourth-order valence-corrected chi connectivity index (χ4v) is 1.16. The Morgan fingerprint density at radius 3 is 1.61 bits per heavy atom. The normalized spacial score (nSPS) is 15.5. The average molecular weight is 269 g/mol. The molecule has 0 heterocycles. The van der Waals surface area contributed by atoms with Crippen LogP contribution in [0, 0.1) is 40.5 Å². The van der Waals surface area contributed by atoms with Gasteiger partial charge in [0.2, 0.25) is 0 Å². The van der Waals surface area contributed by atoms with E-state index in [9.17, 15) is 45.6 Å². The summed E-state index contributed by atoms with van der Waals surface area (Å²) in [7, 11) is 0. The minimum absolute atomic E-state index is 0.448. The van der Waals surface area contributed by atoms with Crippen molar-refractivity contribution in [3.63, 3.8) is 0 Å². The summed E-state index contributed by atoms with van der Waals surface area (Å²) in [6.07, 6.45) is -3.04. The highest BCUT2D eigenvalue weighted by molar-refractivity contribution is 4.79. The van der Waals surface area contributed by atoms with Gasteiger partial charge in [-0.25, -0.2) is 10.1 Å². The van der Waals surface area contributed by atoms with Crippen LogP contribution in [0.5, 0.6) is 0 Å². The maximum atomic E-state index is 10.6. The lowest BCUT2D eigenvalue weighted by atomic mass is 10.1. The summed E-state index contributed by atoms with van der Waals surface area (Å²) in [5.74, 6) is 0. The topological polar surface area (TPSA) is 205 Å². The van der Waals surface area contributed by atoms with Crippen LogP contribution >= 0.6 is 0 Å². The van der Waals surface area contributed by atoms with Gasteiger partial charge in [-0.2, -0.15) is 0 Å². The van der Waals surface area contributed by atoms with Crippen LogP contribution in [0.3, 0.4) is 0 Å². The van der Waals surface area contributed by atoms with Gasteiger partial charge in [0.1, 0.15) is 9.85 Å². The largest absolute Gasteiger partial charge is 0.520 e. The molecular weight excluding hydrogens is 262 g/mol. The predicted octanol–water partition coefficient (Wildman–Crippen LogP) is -2.00. The van der Waals surface area contributed by atoms with Gasteiger partial charge in [-0.3, -0.25) is 30.3 Å². The van der Waals surface area contributed by atoms with Crippen molar-refractivity contribution >= 4 is 0 Å². The molecule has 0 saturated carbocycles. The van der Waals surface area contributed by atoms with Gasteiger partial charge in [-0.1, -0.05) is 0 Å². The number of nitrogens with zero attached hydrogens (tertiary/aromatic N) is 4. The van der Waals surface area contributed by atoms with Crippen molar-refractivity contribution in [3.8, 4) is 0 Å². The molecule has 0 aliphatic heterocycles. The molecule has 0 saturated heterocycles. The van der Waals surface area contributed by atoms with Crippen molar-refractivity contribution < 1.29 is 24.9 Å². The van der Waals surface area contributed by atoms with E-state index in [0.717, 1.165) is 5.43 Å². The van der Waals surface area contributed by atoms with E-state index in [4.69, 9.17) is 0 Å². The number of nitro groups is 4. The summed E-state index contributed by atoms with van der Waals surface area (Å²) in [5.41, 5.74) is -2.07. The van der Waals surface area contributed by atoms with E-state index in [0.29, 0.717) is 6.92 Å². The second-order valence-corrected chi connectivity index (χ2v) is 3.23. The Hall–Kier alpha value is -2.64. The number of rotatable bonds is 7. The molecule has 0 aromatic rings. The highest BCUT2D eigenvalue weighted by Crippen LogP contribution is 2.16. The number of aliphatic hydroxyl groups is 1. The van der Waals surface area contributed by atoms with Crippen LogP contribution in [0.25, 0.3) is 0 Å². The number of nitrogens with one attached hydrogen (secondary N) is 1. The zero-order chi connectivity index (χ0) is 14.7. The first-order valence-electron chi connectivity index (χ1n) is 4.05. The quantitative estimate of drug-likeness (QED) is 0.295. The number of hydrazine groups is 1. The molecule has 2 unspecified atom stereocenters. The van der Waals surface area contributed by atoms with Gasteiger partial charge in [-0.15, -0.1) is 5.43 Å². The molecule has 0 fully saturated rings. The lowest BCUT2D eigenvalue weighted by Gasteiger charge is -2.21. The van der Waals surface area contributed by atoms with Crippen LogP contribution in [0.15, 0.2) is 0 Å². The van der Waals surface area contributed by atoms with Gasteiger partial charge in [-0.05, 0) is 6.92 Å². The van der Waals surface area contributed by atoms with E-state index in [1.807, 2.05) is 0 Å². The predicted molar refractivity (Wildman–Crippen MR) is 49.3 cm³/mol. The van der Waals surface area contributed by atoms with Crippen molar-refractivity contribution in [1.82, 2.24) is 5.43 Å². The van der Waals surface area contributed by atoms with Gasteiger partial charge in [0.25, 0.3) is 5.72 Å². The Bertz CT molecular complexity index is 378. The summed E-state index contributed by atoms with van der Waals surface area (Å²) in [6, 6.07) is -2.85. The van der Waals surface area contributed by atoms with Crippen LogP contribution in [0.2, 0.25) is 0 Å². The second-order valence-electron chi connectivity index (χ2n) is 3.23. The van der Waals surface area contributed by atoms with Crippen LogP contribution in [0.1, 0.15) is 6.92 Å². The third kappa shape index (κ3) is 3.44. The van der Waals surface area contributed by atoms with Gasteiger partial charge in [0, 0.05) is 4.92 Å². The van der Waals surface area contributed by atoms with E-state index < -0.39 is 37.7 Å². The Balaban J connectivity index is 5.54. The third-order valence-electron chi connectivity index (χ3n) is 1.84. The molecule has 102 valence electrons. The molecule has 0 rings (SSSR count). The van der Waals surface area contributed by atoms with Gasteiger partial charge in [0.05, 0.1) is 0 Å². The molecule has 0 aliphatic carbocycles. The zero-order valence-electron chi connectivity index (χ0n) is 8.66. The second kappa shape index (κ2) is 5.13. The molecule has 0 spiro atoms. The standard InChI is InChI=1S/C4H7N5O9/c1-4(10,5-9(17)18)2(6(11)12)3(7(13)14)8(15)16/h2-3,5,10H,1H3. The fraction of sp³-hybridized carbons (Fsp3) is 1.00. The third-order valence-corrected chi connectivity index (χ3v) is 1.84. The molecule has 0 bridgehead atoms. The molecule has 18 heavy (non-hydrogen) atoms. The van der Waals surface area contributed by atoms with Gasteiger partial charge in [0.15, 0.2) is 5.03 Å². The van der Waals surface area contributed by atoms with Crippen molar-refractivity contribution in [2.24, 2.45) is 0 Å². The van der Waals surface area contributed by atoms with Crippen molar-refractivity contribution in [2.45, 2.75) is 24.9 Å². The Labute approximate surface area is 96.8 Å². The summed E-state index contributed by atoms with van der Waals surface area (Å²) < 4.78 is 0. The average Bonchev–Trinajstić information content (AvgIpc) is 2.08. The van der Waals surface area contributed by atoms with Gasteiger partial charge >= 0.3 is 12.2 Å². The molecule has 2 atom stereocenters. The SMILES string of the molecule is CC(O)(N[N+](=O)[O-])C(C([N+](=O)[O-])[N+](=O)[O-])[N+](=O)[O-]. The van der Waals surface area contributed by atoms with E-state index >= 15 is 0 Å². The fourth-order valence-electron chi connectivity index (χ4n) is 1.16. The molecule has 14 heteroatoms. The molecule has 0 radical (unpaired) electrons. The minimum Gasteiger partial charge on any atom is -0.361 e. The highest BCUT2D eigenvalue weighted by Gasteiger charge is 2.63. The molecule has 2 N–H and O–H groups in total. The first-order chi connectivity index (χ1) is 8.00. The smallest absolute Gasteiger partial charge is 0.361 e. The molecule has 0 aromatic heterocycles.